The van der Waals surface area contributed by atoms with Crippen molar-refractivity contribution in [2.24, 2.45) is 0 Å². The second-order valence-corrected chi connectivity index (χ2v) is 5.92. The van der Waals surface area contributed by atoms with Crippen molar-refractivity contribution in [3.8, 4) is 11.3 Å². The molecule has 2 aromatic carbocycles. The molecule has 1 aromatic heterocycles. The number of hydrogen-bond donors (Lipinski definition) is 1. The second-order valence-electron chi connectivity index (χ2n) is 5.92. The maximum absolute atomic E-state index is 12.7. The topological polar surface area (TPSA) is 37.8 Å². The quantitative estimate of drug-likeness (QED) is 0.762. The van der Waals surface area contributed by atoms with E-state index in [4.69, 9.17) is 0 Å². The van der Waals surface area contributed by atoms with Crippen LogP contribution < -0.4 is 5.32 Å². The zero-order chi connectivity index (χ0) is 18.0. The highest BCUT2D eigenvalue weighted by molar-refractivity contribution is 5.88. The minimum Gasteiger partial charge on any atom is -0.319 e. The van der Waals surface area contributed by atoms with E-state index in [1.165, 1.54) is 12.1 Å². The predicted octanol–water partition coefficient (Wildman–Crippen LogP) is 4.39. The summed E-state index contributed by atoms with van der Waals surface area (Å²) < 4.78 is 38.2. The number of nitrogens with one attached hydrogen (secondary N) is 1. The van der Waals surface area contributed by atoms with E-state index in [0.717, 1.165) is 47.1 Å². The van der Waals surface area contributed by atoms with Crippen LogP contribution in [0, 0.1) is 6.92 Å². The Labute approximate surface area is 143 Å². The number of hydrogen-bond acceptors (Lipinski definition) is 3. The number of aryl methyl sites for hydroxylation is 1. The monoisotopic (exact) mass is 345 g/mol. The first-order valence-electron chi connectivity index (χ1n) is 7.99. The van der Waals surface area contributed by atoms with Gasteiger partial charge in [0.1, 0.15) is 0 Å². The molecule has 3 aromatic rings. The lowest BCUT2D eigenvalue weighted by Gasteiger charge is -2.12. The van der Waals surface area contributed by atoms with Gasteiger partial charge < -0.3 is 5.32 Å². The number of likely N-dealkylation sites (N-methyl/N-ethyl adjacent to an activating group) is 1. The second kappa shape index (κ2) is 6.80. The molecule has 0 aliphatic carbocycles. The summed E-state index contributed by atoms with van der Waals surface area (Å²) in [4.78, 5) is 0. The largest absolute Gasteiger partial charge is 0.416 e. The summed E-state index contributed by atoms with van der Waals surface area (Å²) in [7, 11) is 1.89. The molecule has 6 heteroatoms. The maximum Gasteiger partial charge on any atom is 0.416 e. The predicted molar refractivity (Wildman–Crippen MR) is 92.3 cm³/mol. The fraction of sp³-hybridized carbons (Fsp3) is 0.263. The minimum absolute atomic E-state index is 0.604. The molecule has 130 valence electrons. The smallest absolute Gasteiger partial charge is 0.319 e. The van der Waals surface area contributed by atoms with Crippen molar-refractivity contribution in [3.05, 3.63) is 59.2 Å². The zero-order valence-electron chi connectivity index (χ0n) is 14.0. The molecule has 0 saturated carbocycles. The van der Waals surface area contributed by atoms with E-state index in [2.05, 4.69) is 15.5 Å². The fourth-order valence-corrected chi connectivity index (χ4v) is 2.87. The molecule has 0 fully saturated rings. The van der Waals surface area contributed by atoms with E-state index in [-0.39, 0.29) is 0 Å². The van der Waals surface area contributed by atoms with E-state index in [1.54, 1.807) is 0 Å². The Hall–Kier alpha value is -2.47. The van der Waals surface area contributed by atoms with Crippen molar-refractivity contribution in [1.29, 1.82) is 0 Å². The third-order valence-corrected chi connectivity index (χ3v) is 4.26. The van der Waals surface area contributed by atoms with Gasteiger partial charge in [-0.2, -0.15) is 13.2 Å². The molecule has 3 rings (SSSR count). The van der Waals surface area contributed by atoms with Crippen molar-refractivity contribution < 1.29 is 13.2 Å². The van der Waals surface area contributed by atoms with Crippen LogP contribution in [-0.2, 0) is 12.6 Å². The van der Waals surface area contributed by atoms with Crippen LogP contribution in [0.4, 0.5) is 13.2 Å². The van der Waals surface area contributed by atoms with Crippen LogP contribution >= 0.6 is 0 Å². The lowest BCUT2D eigenvalue weighted by atomic mass is 9.99. The van der Waals surface area contributed by atoms with Crippen LogP contribution in [0.2, 0.25) is 0 Å². The summed E-state index contributed by atoms with van der Waals surface area (Å²) in [5.41, 5.74) is 3.41. The molecular weight excluding hydrogens is 327 g/mol. The molecule has 0 unspecified atom stereocenters. The van der Waals surface area contributed by atoms with Gasteiger partial charge in [0, 0.05) is 10.9 Å². The molecule has 0 bridgehead atoms. The lowest BCUT2D eigenvalue weighted by Crippen LogP contribution is -2.11. The summed E-state index contributed by atoms with van der Waals surface area (Å²) in [6, 6.07) is 11.0. The number of fused-ring (bicyclic) bond motifs is 1. The van der Waals surface area contributed by atoms with Crippen LogP contribution in [0.15, 0.2) is 42.5 Å². The van der Waals surface area contributed by atoms with E-state index in [0.29, 0.717) is 11.3 Å². The summed E-state index contributed by atoms with van der Waals surface area (Å²) in [5, 5.41) is 12.7. The first-order chi connectivity index (χ1) is 11.9. The molecule has 0 amide bonds. The molecule has 1 heterocycles. The number of nitrogens with zero attached hydrogens (tertiary/aromatic N) is 2. The maximum atomic E-state index is 12.7. The molecular formula is C19H18F3N3. The Balaban J connectivity index is 2.05. The third-order valence-electron chi connectivity index (χ3n) is 4.26. The van der Waals surface area contributed by atoms with Gasteiger partial charge in [0.15, 0.2) is 0 Å². The molecule has 1 N–H and O–H groups in total. The van der Waals surface area contributed by atoms with Gasteiger partial charge in [0.05, 0.1) is 16.8 Å². The molecule has 0 radical (unpaired) electrons. The number of rotatable bonds is 4. The van der Waals surface area contributed by atoms with Gasteiger partial charge in [-0.1, -0.05) is 30.3 Å². The molecule has 0 saturated heterocycles. The van der Waals surface area contributed by atoms with Crippen LogP contribution in [-0.4, -0.2) is 23.8 Å². The van der Waals surface area contributed by atoms with E-state index >= 15 is 0 Å². The van der Waals surface area contributed by atoms with Gasteiger partial charge in [-0.3, -0.25) is 0 Å². The number of aromatic nitrogens is 2. The van der Waals surface area contributed by atoms with E-state index in [1.807, 2.05) is 32.2 Å². The molecule has 0 aliphatic heterocycles. The summed E-state index contributed by atoms with van der Waals surface area (Å²) in [6.07, 6.45) is -3.51. The van der Waals surface area contributed by atoms with Crippen LogP contribution in [0.3, 0.4) is 0 Å². The summed E-state index contributed by atoms with van der Waals surface area (Å²) >= 11 is 0. The normalized spacial score (nSPS) is 11.9. The number of benzene rings is 2. The Morgan fingerprint density at radius 2 is 1.72 bits per heavy atom. The molecule has 0 atom stereocenters. The van der Waals surface area contributed by atoms with Crippen LogP contribution in [0.5, 0.6) is 0 Å². The summed E-state index contributed by atoms with van der Waals surface area (Å²) in [6.45, 7) is 2.76. The van der Waals surface area contributed by atoms with E-state index in [9.17, 15) is 13.2 Å². The van der Waals surface area contributed by atoms with Crippen molar-refractivity contribution in [2.45, 2.75) is 19.5 Å². The third kappa shape index (κ3) is 3.49. The zero-order valence-corrected chi connectivity index (χ0v) is 14.0. The average Bonchev–Trinajstić information content (AvgIpc) is 2.60. The Kier molecular flexibility index (Phi) is 4.72. The van der Waals surface area contributed by atoms with Crippen molar-refractivity contribution in [3.63, 3.8) is 0 Å². The SMILES string of the molecule is CNCCc1cccc2c(C)c(-c3ccc(C(F)(F)F)cc3)nnc12. The minimum atomic E-state index is -4.34. The van der Waals surface area contributed by atoms with Gasteiger partial charge in [0.2, 0.25) is 0 Å². The standard InChI is InChI=1S/C19H18F3N3/c1-12-16-5-3-4-13(10-11-23-2)18(16)25-24-17(12)14-6-8-15(9-7-14)19(20,21)22/h3-9,23H,10-11H2,1-2H3. The highest BCUT2D eigenvalue weighted by Gasteiger charge is 2.30. The summed E-state index contributed by atoms with van der Waals surface area (Å²) in [5.74, 6) is 0. The van der Waals surface area contributed by atoms with Gasteiger partial charge in [-0.25, -0.2) is 0 Å². The van der Waals surface area contributed by atoms with Crippen molar-refractivity contribution >= 4 is 10.9 Å². The van der Waals surface area contributed by atoms with Gasteiger partial charge in [-0.05, 0) is 50.2 Å². The number of alkyl halides is 3. The van der Waals surface area contributed by atoms with Crippen molar-refractivity contribution in [1.82, 2.24) is 15.5 Å². The van der Waals surface area contributed by atoms with Crippen molar-refractivity contribution in [2.75, 3.05) is 13.6 Å². The number of halogens is 3. The average molecular weight is 345 g/mol. The molecule has 25 heavy (non-hydrogen) atoms. The lowest BCUT2D eigenvalue weighted by molar-refractivity contribution is -0.137. The van der Waals surface area contributed by atoms with Crippen LogP contribution in [0.1, 0.15) is 16.7 Å². The first kappa shape index (κ1) is 17.4. The van der Waals surface area contributed by atoms with E-state index < -0.39 is 11.7 Å². The fourth-order valence-electron chi connectivity index (χ4n) is 2.87. The Morgan fingerprint density at radius 3 is 2.36 bits per heavy atom. The Morgan fingerprint density at radius 1 is 1.00 bits per heavy atom. The van der Waals surface area contributed by atoms with Crippen LogP contribution in [0.25, 0.3) is 22.2 Å². The highest BCUT2D eigenvalue weighted by atomic mass is 19.4. The highest BCUT2D eigenvalue weighted by Crippen LogP contribution is 2.32. The molecule has 0 spiro atoms. The van der Waals surface area contributed by atoms with Gasteiger partial charge >= 0.3 is 6.18 Å². The Bertz CT molecular complexity index is 887. The van der Waals surface area contributed by atoms with Gasteiger partial charge in [0.25, 0.3) is 0 Å². The molecule has 0 aliphatic rings. The molecule has 3 nitrogen and oxygen atoms in total. The van der Waals surface area contributed by atoms with Gasteiger partial charge in [-0.15, -0.1) is 10.2 Å². The first-order valence-corrected chi connectivity index (χ1v) is 7.99.